The Hall–Kier alpha value is -2.61. The molecule has 0 aliphatic rings. The van der Waals surface area contributed by atoms with E-state index >= 15 is 0 Å². The molecule has 5 nitrogen and oxygen atoms in total. The number of aromatic nitrogens is 2. The fraction of sp³-hybridized carbons (Fsp3) is 0.353. The van der Waals surface area contributed by atoms with Crippen molar-refractivity contribution in [1.29, 1.82) is 5.26 Å². The third kappa shape index (κ3) is 3.53. The molecule has 1 aromatic carbocycles. The van der Waals surface area contributed by atoms with Crippen LogP contribution in [0.4, 0.5) is 0 Å². The summed E-state index contributed by atoms with van der Waals surface area (Å²) in [5.41, 5.74) is 1.78. The van der Waals surface area contributed by atoms with Gasteiger partial charge in [0.25, 0.3) is 5.56 Å². The Morgan fingerprint density at radius 2 is 2.14 bits per heavy atom. The fourth-order valence-corrected chi connectivity index (χ4v) is 2.16. The lowest BCUT2D eigenvalue weighted by Crippen LogP contribution is -2.25. The van der Waals surface area contributed by atoms with Gasteiger partial charge in [0.2, 0.25) is 0 Å². The van der Waals surface area contributed by atoms with Crippen molar-refractivity contribution in [2.75, 3.05) is 0 Å². The van der Waals surface area contributed by atoms with Crippen LogP contribution in [0.2, 0.25) is 0 Å². The second-order valence-electron chi connectivity index (χ2n) is 5.21. The first-order chi connectivity index (χ1) is 10.5. The minimum Gasteiger partial charge on any atom is -0.491 e. The number of ether oxygens (including phenoxy) is 1. The summed E-state index contributed by atoms with van der Waals surface area (Å²) in [7, 11) is 0. The van der Waals surface area contributed by atoms with E-state index in [1.807, 2.05) is 51.1 Å². The molecule has 0 radical (unpaired) electrons. The predicted octanol–water partition coefficient (Wildman–Crippen LogP) is 2.78. The van der Waals surface area contributed by atoms with Gasteiger partial charge in [-0.2, -0.15) is 10.4 Å². The summed E-state index contributed by atoms with van der Waals surface area (Å²) >= 11 is 0. The molecule has 0 aliphatic heterocycles. The van der Waals surface area contributed by atoms with Gasteiger partial charge in [0.05, 0.1) is 24.3 Å². The van der Waals surface area contributed by atoms with Crippen LogP contribution in [-0.2, 0) is 13.0 Å². The van der Waals surface area contributed by atoms with E-state index in [-0.39, 0.29) is 18.1 Å². The van der Waals surface area contributed by atoms with Gasteiger partial charge < -0.3 is 4.74 Å². The van der Waals surface area contributed by atoms with E-state index in [1.54, 1.807) is 6.07 Å². The quantitative estimate of drug-likeness (QED) is 0.851. The Labute approximate surface area is 129 Å². The molecule has 0 N–H and O–H groups in total. The van der Waals surface area contributed by atoms with Gasteiger partial charge in [-0.25, -0.2) is 4.68 Å². The summed E-state index contributed by atoms with van der Waals surface area (Å²) in [5, 5.41) is 13.2. The van der Waals surface area contributed by atoms with Gasteiger partial charge in [0, 0.05) is 17.7 Å². The lowest BCUT2D eigenvalue weighted by Gasteiger charge is -2.12. The molecule has 5 heteroatoms. The highest BCUT2D eigenvalue weighted by molar-refractivity contribution is 5.61. The molecule has 0 spiro atoms. The number of aryl methyl sites for hydroxylation is 1. The first-order valence-corrected chi connectivity index (χ1v) is 7.30. The number of benzene rings is 1. The normalized spacial score (nSPS) is 10.5. The molecule has 0 aliphatic carbocycles. The van der Waals surface area contributed by atoms with Gasteiger partial charge in [0.1, 0.15) is 5.75 Å². The van der Waals surface area contributed by atoms with Gasteiger partial charge in [-0.15, -0.1) is 0 Å². The van der Waals surface area contributed by atoms with Crippen molar-refractivity contribution in [3.63, 3.8) is 0 Å². The topological polar surface area (TPSA) is 67.9 Å². The minimum absolute atomic E-state index is 0.0799. The van der Waals surface area contributed by atoms with Crippen molar-refractivity contribution >= 4 is 0 Å². The van der Waals surface area contributed by atoms with Crippen molar-refractivity contribution in [1.82, 2.24) is 9.78 Å². The Bertz CT molecular complexity index is 757. The molecule has 1 heterocycles. The van der Waals surface area contributed by atoms with Crippen molar-refractivity contribution in [3.05, 3.63) is 46.2 Å². The summed E-state index contributed by atoms with van der Waals surface area (Å²) in [5.74, 6) is 0.755. The molecule has 2 rings (SSSR count). The Morgan fingerprint density at radius 3 is 2.77 bits per heavy atom. The molecule has 0 unspecified atom stereocenters. The zero-order valence-electron chi connectivity index (χ0n) is 13.0. The molecule has 0 atom stereocenters. The van der Waals surface area contributed by atoms with Crippen LogP contribution in [0.5, 0.6) is 5.75 Å². The Balaban J connectivity index is 2.50. The molecule has 1 aromatic heterocycles. The number of nitriles is 1. The maximum atomic E-state index is 12.1. The summed E-state index contributed by atoms with van der Waals surface area (Å²) in [4.78, 5) is 12.1. The smallest absolute Gasteiger partial charge is 0.271 e. The van der Waals surface area contributed by atoms with Crippen LogP contribution >= 0.6 is 0 Å². The predicted molar refractivity (Wildman–Crippen MR) is 84.7 cm³/mol. The number of hydrogen-bond donors (Lipinski definition) is 0. The average Bonchev–Trinajstić information content (AvgIpc) is 2.49. The van der Waals surface area contributed by atoms with Crippen molar-refractivity contribution < 1.29 is 4.74 Å². The maximum absolute atomic E-state index is 12.1. The molecule has 0 saturated carbocycles. The van der Waals surface area contributed by atoms with Gasteiger partial charge in [-0.3, -0.25) is 4.79 Å². The Kier molecular flexibility index (Phi) is 4.95. The van der Waals surface area contributed by atoms with Crippen LogP contribution in [0.25, 0.3) is 11.3 Å². The summed E-state index contributed by atoms with van der Waals surface area (Å²) in [6.07, 6.45) is 0.165. The van der Waals surface area contributed by atoms with Crippen LogP contribution in [0.3, 0.4) is 0 Å². The highest BCUT2D eigenvalue weighted by Gasteiger charge is 2.10. The molecule has 0 amide bonds. The van der Waals surface area contributed by atoms with Crippen LogP contribution < -0.4 is 10.3 Å². The SMILES string of the molecule is CCn1nc(-c2cccc(OC(C)C)c2)cc(CC#N)c1=O. The summed E-state index contributed by atoms with van der Waals surface area (Å²) < 4.78 is 7.07. The van der Waals surface area contributed by atoms with E-state index in [4.69, 9.17) is 10.00 Å². The fourth-order valence-electron chi connectivity index (χ4n) is 2.16. The summed E-state index contributed by atoms with van der Waals surface area (Å²) in [6.45, 7) is 6.25. The monoisotopic (exact) mass is 297 g/mol. The molecule has 0 bridgehead atoms. The lowest BCUT2D eigenvalue weighted by atomic mass is 10.1. The third-order valence-electron chi connectivity index (χ3n) is 3.12. The van der Waals surface area contributed by atoms with E-state index < -0.39 is 0 Å². The number of hydrogen-bond acceptors (Lipinski definition) is 4. The largest absolute Gasteiger partial charge is 0.491 e. The van der Waals surface area contributed by atoms with Crippen LogP contribution in [0.1, 0.15) is 26.3 Å². The van der Waals surface area contributed by atoms with E-state index in [0.717, 1.165) is 11.3 Å². The average molecular weight is 297 g/mol. The van der Waals surface area contributed by atoms with E-state index in [9.17, 15) is 4.79 Å². The van der Waals surface area contributed by atoms with Crippen LogP contribution in [-0.4, -0.2) is 15.9 Å². The molecule has 0 saturated heterocycles. The molecule has 22 heavy (non-hydrogen) atoms. The zero-order chi connectivity index (χ0) is 16.1. The lowest BCUT2D eigenvalue weighted by molar-refractivity contribution is 0.242. The van der Waals surface area contributed by atoms with Crippen LogP contribution in [0, 0.1) is 11.3 Å². The molecular weight excluding hydrogens is 278 g/mol. The van der Waals surface area contributed by atoms with Crippen molar-refractivity contribution in [3.8, 4) is 23.1 Å². The first-order valence-electron chi connectivity index (χ1n) is 7.30. The second-order valence-corrected chi connectivity index (χ2v) is 5.21. The Morgan fingerprint density at radius 1 is 1.36 bits per heavy atom. The van der Waals surface area contributed by atoms with Crippen LogP contribution in [0.15, 0.2) is 35.1 Å². The standard InChI is InChI=1S/C17H19N3O2/c1-4-20-17(21)14(8-9-18)11-16(19-20)13-6-5-7-15(10-13)22-12(2)3/h5-7,10-12H,4,8H2,1-3H3. The second kappa shape index (κ2) is 6.90. The molecule has 2 aromatic rings. The summed E-state index contributed by atoms with van der Waals surface area (Å²) in [6, 6.07) is 11.3. The molecule has 0 fully saturated rings. The van der Waals surface area contributed by atoms with Gasteiger partial charge in [0.15, 0.2) is 0 Å². The van der Waals surface area contributed by atoms with Gasteiger partial charge in [-0.05, 0) is 39.0 Å². The first kappa shape index (κ1) is 15.8. The maximum Gasteiger partial charge on any atom is 0.271 e. The molecule has 114 valence electrons. The zero-order valence-corrected chi connectivity index (χ0v) is 13.0. The van der Waals surface area contributed by atoms with Gasteiger partial charge in [-0.1, -0.05) is 12.1 Å². The van der Waals surface area contributed by atoms with Crippen molar-refractivity contribution in [2.45, 2.75) is 39.8 Å². The minimum atomic E-state index is -0.206. The van der Waals surface area contributed by atoms with E-state index in [2.05, 4.69) is 5.10 Å². The number of rotatable bonds is 5. The van der Waals surface area contributed by atoms with Gasteiger partial charge >= 0.3 is 0 Å². The number of nitrogens with zero attached hydrogens (tertiary/aromatic N) is 3. The third-order valence-corrected chi connectivity index (χ3v) is 3.12. The van der Waals surface area contributed by atoms with Crippen molar-refractivity contribution in [2.24, 2.45) is 0 Å². The molecular formula is C17H19N3O2. The van der Waals surface area contributed by atoms with E-state index in [0.29, 0.717) is 17.8 Å². The van der Waals surface area contributed by atoms with E-state index in [1.165, 1.54) is 4.68 Å². The highest BCUT2D eigenvalue weighted by Crippen LogP contribution is 2.23. The highest BCUT2D eigenvalue weighted by atomic mass is 16.5.